The van der Waals surface area contributed by atoms with Gasteiger partial charge in [0.1, 0.15) is 47.6 Å². The van der Waals surface area contributed by atoms with Crippen molar-refractivity contribution in [2.24, 2.45) is 17.6 Å². The molecule has 0 aliphatic carbocycles. The van der Waals surface area contributed by atoms with Gasteiger partial charge in [0.25, 0.3) is 11.8 Å². The van der Waals surface area contributed by atoms with E-state index >= 15 is 0 Å². The quantitative estimate of drug-likeness (QED) is 0.0834. The Balaban J connectivity index is 1.54. The van der Waals surface area contributed by atoms with E-state index in [0.717, 1.165) is 5.56 Å². The number of phenols is 1. The number of nitrogens with one attached hydrogen (secondary N) is 5. The molecule has 0 saturated carbocycles. The van der Waals surface area contributed by atoms with Crippen LogP contribution in [0.1, 0.15) is 105 Å². The van der Waals surface area contributed by atoms with Crippen LogP contribution in [0.5, 0.6) is 5.75 Å². The van der Waals surface area contributed by atoms with Crippen LogP contribution in [0.2, 0.25) is 0 Å². The summed E-state index contributed by atoms with van der Waals surface area (Å²) >= 11 is 0. The first-order valence-corrected chi connectivity index (χ1v) is 23.2. The number of carbonyl (C=O) groups is 9. The van der Waals surface area contributed by atoms with Crippen molar-refractivity contribution in [3.05, 3.63) is 65.7 Å². The van der Waals surface area contributed by atoms with E-state index in [1.54, 1.807) is 72.7 Å². The molecule has 8 N–H and O–H groups in total. The maximum absolute atomic E-state index is 14.4. The van der Waals surface area contributed by atoms with Gasteiger partial charge in [-0.2, -0.15) is 0 Å². The van der Waals surface area contributed by atoms with Gasteiger partial charge in [0.2, 0.25) is 29.5 Å². The number of alkyl carbamates (subject to hydrolysis) is 1. The van der Waals surface area contributed by atoms with Crippen LogP contribution < -0.4 is 32.3 Å². The largest absolute Gasteiger partial charge is 0.508 e. The van der Waals surface area contributed by atoms with Crippen LogP contribution in [0, 0.1) is 11.8 Å². The second-order valence-corrected chi connectivity index (χ2v) is 18.9. The van der Waals surface area contributed by atoms with Gasteiger partial charge in [0, 0.05) is 32.2 Å². The number of nitrogens with two attached hydrogens (primary N) is 1. The molecule has 2 aromatic carbocycles. The molecule has 2 fully saturated rings. The van der Waals surface area contributed by atoms with E-state index in [1.165, 1.54) is 17.0 Å². The zero-order valence-corrected chi connectivity index (χ0v) is 40.0. The summed E-state index contributed by atoms with van der Waals surface area (Å²) in [6.07, 6.45) is 0.0585. The number of phenolic OH excluding ortho intramolecular Hbond substituents is 1. The predicted octanol–water partition coefficient (Wildman–Crippen LogP) is 2.05. The minimum absolute atomic E-state index is 0.0297. The van der Waals surface area contributed by atoms with Gasteiger partial charge in [-0.05, 0) is 94.5 Å². The first-order valence-electron chi connectivity index (χ1n) is 23.2. The lowest BCUT2D eigenvalue weighted by Gasteiger charge is -2.31. The number of amides is 8. The minimum atomic E-state index is -1.31. The van der Waals surface area contributed by atoms with E-state index in [1.807, 2.05) is 18.2 Å². The van der Waals surface area contributed by atoms with Crippen molar-refractivity contribution in [2.45, 2.75) is 148 Å². The molecule has 20 heteroatoms. The number of carbonyl (C=O) groups excluding carboxylic acids is 9. The van der Waals surface area contributed by atoms with Crippen LogP contribution in [0.25, 0.3) is 0 Å². The van der Waals surface area contributed by atoms with Crippen LogP contribution in [0.3, 0.4) is 0 Å². The zero-order valence-electron chi connectivity index (χ0n) is 40.0. The lowest BCUT2D eigenvalue weighted by atomic mass is 9.99. The molecule has 68 heavy (non-hydrogen) atoms. The molecule has 0 unspecified atom stereocenters. The van der Waals surface area contributed by atoms with Crippen LogP contribution >= 0.6 is 0 Å². The van der Waals surface area contributed by atoms with Crippen molar-refractivity contribution < 1.29 is 57.8 Å². The van der Waals surface area contributed by atoms with Gasteiger partial charge < -0.3 is 51.9 Å². The third-order valence-corrected chi connectivity index (χ3v) is 11.2. The standard InChI is InChI=1S/C48H68N8O12/c1-28(2)25-36(46(65)68-56-38(58)21-22-39(56)59)52-41(60)33(15-11-23-49)50-44(63)40(29(3)4)54-42(61)34(26-31-17-19-32(57)20-18-31)51-43(62)37-16-12-24-55(37)45(64)35(27-30-13-9-8-10-14-30)53-47(66)67-48(5,6)7/h8-10,13-14,17-20,28-29,33-37,40,57H,11-12,15-16,21-27,49H2,1-7H3,(H,50,63)(H,51,62)(H,52,60)(H,53,66)(H,54,61)/t33-,34+,35-,36-,37-,40-/m0/s1. The normalized spacial score (nSPS) is 17.2. The lowest BCUT2D eigenvalue weighted by Crippen LogP contribution is -2.60. The highest BCUT2D eigenvalue weighted by atomic mass is 16.7. The number of nitrogens with zero attached hydrogens (tertiary/aromatic N) is 2. The van der Waals surface area contributed by atoms with Crippen molar-refractivity contribution in [3.63, 3.8) is 0 Å². The second-order valence-electron chi connectivity index (χ2n) is 18.9. The van der Waals surface area contributed by atoms with Crippen molar-refractivity contribution in [1.82, 2.24) is 36.5 Å². The summed E-state index contributed by atoms with van der Waals surface area (Å²) in [5.74, 6) is -6.64. The minimum Gasteiger partial charge on any atom is -0.508 e. The molecule has 372 valence electrons. The van der Waals surface area contributed by atoms with Gasteiger partial charge in [0.05, 0.1) is 0 Å². The lowest BCUT2D eigenvalue weighted by molar-refractivity contribution is -0.199. The Labute approximate surface area is 397 Å². The monoisotopic (exact) mass is 948 g/mol. The van der Waals surface area contributed by atoms with Crippen LogP contribution in [0.15, 0.2) is 54.6 Å². The Bertz CT molecular complexity index is 2090. The SMILES string of the molecule is CC(C)C[C@H](NC(=O)[C@H](CCCN)NC(=O)[C@@H](NC(=O)[C@@H](Cc1ccc(O)cc1)NC(=O)[C@@H]1CCCN1C(=O)[C@H](Cc1ccccc1)NC(=O)OC(C)(C)C)C(C)C)C(=O)ON1C(=O)CCC1=O. The van der Waals surface area contributed by atoms with E-state index in [2.05, 4.69) is 26.6 Å². The summed E-state index contributed by atoms with van der Waals surface area (Å²) in [5.41, 5.74) is 6.23. The average molecular weight is 949 g/mol. The number of likely N-dealkylation sites (tertiary alicyclic amines) is 1. The Hall–Kier alpha value is -6.57. The molecule has 2 aromatic rings. The Morgan fingerprint density at radius 1 is 0.750 bits per heavy atom. The fourth-order valence-electron chi connectivity index (χ4n) is 7.76. The van der Waals surface area contributed by atoms with Gasteiger partial charge >= 0.3 is 12.1 Å². The summed E-state index contributed by atoms with van der Waals surface area (Å²) in [5, 5.41) is 23.9. The number of hydrogen-bond acceptors (Lipinski definition) is 13. The molecule has 8 amide bonds. The van der Waals surface area contributed by atoms with Gasteiger partial charge in [0.15, 0.2) is 0 Å². The second kappa shape index (κ2) is 25.0. The van der Waals surface area contributed by atoms with E-state index in [-0.39, 0.29) is 76.1 Å². The maximum Gasteiger partial charge on any atom is 0.408 e. The molecule has 0 radical (unpaired) electrons. The summed E-state index contributed by atoms with van der Waals surface area (Å²) in [4.78, 5) is 128. The highest BCUT2D eigenvalue weighted by molar-refractivity contribution is 6.02. The van der Waals surface area contributed by atoms with Crippen molar-refractivity contribution in [2.75, 3.05) is 13.1 Å². The summed E-state index contributed by atoms with van der Waals surface area (Å²) in [6, 6.07) is 7.77. The van der Waals surface area contributed by atoms with Crippen molar-refractivity contribution in [3.8, 4) is 5.75 Å². The Morgan fingerprint density at radius 3 is 1.93 bits per heavy atom. The third-order valence-electron chi connectivity index (χ3n) is 11.2. The molecular weight excluding hydrogens is 881 g/mol. The van der Waals surface area contributed by atoms with Gasteiger partial charge in [-0.15, -0.1) is 5.06 Å². The highest BCUT2D eigenvalue weighted by Gasteiger charge is 2.41. The molecule has 6 atom stereocenters. The first kappa shape index (κ1) is 54.0. The predicted molar refractivity (Wildman–Crippen MR) is 247 cm³/mol. The fourth-order valence-corrected chi connectivity index (χ4v) is 7.76. The fraction of sp³-hybridized carbons (Fsp3) is 0.562. The van der Waals surface area contributed by atoms with E-state index in [4.69, 9.17) is 15.3 Å². The number of imide groups is 1. The van der Waals surface area contributed by atoms with Crippen molar-refractivity contribution >= 4 is 53.4 Å². The number of aromatic hydroxyl groups is 1. The first-order chi connectivity index (χ1) is 32.1. The smallest absolute Gasteiger partial charge is 0.408 e. The van der Waals surface area contributed by atoms with Crippen LogP contribution in [-0.4, -0.2) is 123 Å². The zero-order chi connectivity index (χ0) is 50.3. The summed E-state index contributed by atoms with van der Waals surface area (Å²) in [7, 11) is 0. The molecule has 2 aliphatic heterocycles. The van der Waals surface area contributed by atoms with Gasteiger partial charge in [-0.1, -0.05) is 70.2 Å². The Morgan fingerprint density at radius 2 is 1.34 bits per heavy atom. The van der Waals surface area contributed by atoms with Crippen LogP contribution in [0.4, 0.5) is 4.79 Å². The maximum atomic E-state index is 14.4. The molecule has 0 aromatic heterocycles. The van der Waals surface area contributed by atoms with E-state index in [9.17, 15) is 48.3 Å². The third kappa shape index (κ3) is 16.3. The average Bonchev–Trinajstić information content (AvgIpc) is 3.89. The Kier molecular flexibility index (Phi) is 19.9. The number of rotatable bonds is 22. The highest BCUT2D eigenvalue weighted by Crippen LogP contribution is 2.22. The molecule has 2 heterocycles. The number of hydrogen-bond donors (Lipinski definition) is 7. The van der Waals surface area contributed by atoms with Gasteiger partial charge in [-0.25, -0.2) is 9.59 Å². The van der Waals surface area contributed by atoms with Gasteiger partial charge in [-0.3, -0.25) is 33.6 Å². The summed E-state index contributed by atoms with van der Waals surface area (Å²) < 4.78 is 5.46. The van der Waals surface area contributed by atoms with E-state index < -0.39 is 101 Å². The molecule has 2 aliphatic rings. The molecule has 0 bridgehead atoms. The molecular formula is C48H68N8O12. The molecule has 0 spiro atoms. The number of ether oxygens (including phenoxy) is 1. The van der Waals surface area contributed by atoms with Crippen molar-refractivity contribution in [1.29, 1.82) is 0 Å². The summed E-state index contributed by atoms with van der Waals surface area (Å²) in [6.45, 7) is 12.3. The molecule has 20 nitrogen and oxygen atoms in total. The molecule has 2 saturated heterocycles. The molecule has 4 rings (SSSR count). The van der Waals surface area contributed by atoms with Crippen LogP contribution in [-0.2, 0) is 60.8 Å². The number of benzene rings is 2. The number of hydroxylamine groups is 2. The van der Waals surface area contributed by atoms with E-state index in [0.29, 0.717) is 17.0 Å². The topological polar surface area (TPSA) is 285 Å².